The fourth-order valence-corrected chi connectivity index (χ4v) is 9.69. The van der Waals surface area contributed by atoms with Crippen LogP contribution in [-0.2, 0) is 818 Å². The zero-order valence-electron chi connectivity index (χ0n) is 66.8. The number of rotatable bonds is 4. The Hall–Kier alpha value is 27.6. The van der Waals surface area contributed by atoms with Crippen LogP contribution in [0, 0.1) is 128 Å². The van der Waals surface area contributed by atoms with Gasteiger partial charge in [-0.25, -0.2) is 0 Å². The smallest absolute Gasteiger partial charge is 0 e. The Balaban J connectivity index is -0.00000000629. The Bertz CT molecular complexity index is 718. The molecule has 0 heterocycles. The molecule has 3 rings (SSSR count). The van der Waals surface area contributed by atoms with Crippen molar-refractivity contribution in [2.75, 3.05) is 0 Å². The molecule has 545 valence electrons. The van der Waals surface area contributed by atoms with Crippen LogP contribution >= 0.6 is 0 Å². The van der Waals surface area contributed by atoms with E-state index in [1.54, 1.807) is 0 Å². The van der Waals surface area contributed by atoms with Gasteiger partial charge in [0.15, 0.2) is 0 Å². The molecule has 3 aliphatic carbocycles. The summed E-state index contributed by atoms with van der Waals surface area (Å²) in [5.41, 5.74) is 1.21. The molecule has 96 heavy (non-hydrogen) atoms. The van der Waals surface area contributed by atoms with E-state index in [1.807, 2.05) is 138 Å². The van der Waals surface area contributed by atoms with E-state index in [9.17, 15) is 0 Å². The van der Waals surface area contributed by atoms with Gasteiger partial charge in [0, 0.05) is 818 Å². The maximum Gasteiger partial charge on any atom is 0 e. The third-order valence-electron chi connectivity index (χ3n) is 14.8. The van der Waals surface area contributed by atoms with Gasteiger partial charge < -0.3 is 28.7 Å². The van der Waals surface area contributed by atoms with Crippen LogP contribution < -0.4 is 0 Å². The van der Waals surface area contributed by atoms with Crippen molar-refractivity contribution in [2.45, 2.75) is 350 Å². The SMILES string of the molecule is C.C.C.C.C.C.C.C.C.C.CC.CC.CC.CC.CC.CC.CC.CC.CC.CC.C[C@@H]1[C@H](C)[C@H](C)C(C)(C)[C@@H]1C.[CH2-]C1(CC(C)C)[C@H](C)[C@H](C)[C@H](C)[C@@H]1C.[CH2-]C1(CC(C)C)[C@H](C)[C@H](C)[C@H](C)[C@@H]1C.[CH3-].[CH3-].[Y].[Y].[Y].[Y].[Y].[Y].[Y].[Y].[Y].[Y].[Y].[Y].[Y].[Y].[Y].[Y].[Y].[Y].[Y].[Y].[Y].[Y].[Y].[Y].[Y]. The summed E-state index contributed by atoms with van der Waals surface area (Å²) in [6.45, 7) is 92.1. The molecule has 3 aliphatic rings. The maximum absolute atomic E-state index is 4.57. The van der Waals surface area contributed by atoms with Crippen molar-refractivity contribution in [1.29, 1.82) is 0 Å². The molecule has 3 saturated carbocycles. The van der Waals surface area contributed by atoms with Crippen molar-refractivity contribution in [1.82, 2.24) is 0 Å². The van der Waals surface area contributed by atoms with E-state index in [2.05, 4.69) is 138 Å². The Morgan fingerprint density at radius 2 is 0.281 bits per heavy atom. The fraction of sp³-hybridized carbons (Fsp3) is 0.944. The summed E-state index contributed by atoms with van der Waals surface area (Å²) in [5, 5.41) is 0. The normalized spacial score (nSPS) is 20.6. The number of hydrogen-bond acceptors (Lipinski definition) is 0. The quantitative estimate of drug-likeness (QED) is 0.246. The molecule has 0 saturated heterocycles. The van der Waals surface area contributed by atoms with E-state index in [0.29, 0.717) is 16.2 Å². The average Bonchev–Trinajstić information content (AvgIpc) is 3.58. The average molecular weight is 3260 g/mol. The van der Waals surface area contributed by atoms with E-state index < -0.39 is 0 Å². The standard InChI is InChI=1S/2C14H27.C11H22.10C2H6.10CH4.2CH3.25Y/c2*1-9(2)8-14(7)12(5)10(3)11(4)13(14)6;1-7-8(2)10(4)11(5,6)9(7)3;10*1-2;;;;;;;;;;;;;;;;;;;;;;;;;;;;;;;;;;;;;/h2*9-13H,7-8H2,1-6H3;7-10H,1-6H3;10*1-2H3;10*1H4;2*1H3;;;;;;;;;;;;;;;;;;;;;;;;;/q2*-1;;;;;;;;;;;;;;;;;;;;;;2*-1;;;;;;;;;;;;;;;;;;;;;;;;;/t2*10-,11+,12-,13+,14?;7-,8+,9-,10+;;;;;;;;;;;;;;;;;;;;;;;;;;;;;;;;;;;;;;;;;;;;;;;. The van der Waals surface area contributed by atoms with Crippen molar-refractivity contribution < 1.29 is 818 Å². The summed E-state index contributed by atoms with van der Waals surface area (Å²) in [7, 11) is 0. The molecule has 0 aromatic carbocycles. The van der Waals surface area contributed by atoms with E-state index in [0.717, 1.165) is 82.9 Å². The first-order chi connectivity index (χ1) is 27.5. The Morgan fingerprint density at radius 1 is 0.208 bits per heavy atom. The molecule has 0 aliphatic heterocycles. The van der Waals surface area contributed by atoms with Gasteiger partial charge in [0.1, 0.15) is 0 Å². The third kappa shape index (κ3) is 147. The van der Waals surface area contributed by atoms with Crippen LogP contribution in [0.15, 0.2) is 0 Å². The molecular formula is C71H182Y25-4. The minimum Gasteiger partial charge on any atom is -0.358 e. The van der Waals surface area contributed by atoms with Crippen LogP contribution in [0.25, 0.3) is 0 Å². The van der Waals surface area contributed by atoms with Gasteiger partial charge in [-0.3, -0.25) is 0 Å². The Morgan fingerprint density at radius 3 is 0.333 bits per heavy atom. The van der Waals surface area contributed by atoms with Crippen LogP contribution in [0.4, 0.5) is 0 Å². The van der Waals surface area contributed by atoms with Crippen molar-refractivity contribution in [2.24, 2.45) is 99.1 Å². The largest absolute Gasteiger partial charge is 0.358 e. The number of hydrogen-bond donors (Lipinski definition) is 0. The predicted molar refractivity (Wildman–Crippen MR) is 372 cm³/mol. The summed E-state index contributed by atoms with van der Waals surface area (Å²) in [6, 6.07) is 0. The fourth-order valence-electron chi connectivity index (χ4n) is 9.69. The van der Waals surface area contributed by atoms with E-state index in [1.165, 1.54) is 12.8 Å². The van der Waals surface area contributed by atoms with E-state index in [4.69, 9.17) is 0 Å². The van der Waals surface area contributed by atoms with Crippen LogP contribution in [0.3, 0.4) is 0 Å². The van der Waals surface area contributed by atoms with Gasteiger partial charge in [-0.05, 0) is 64.6 Å². The summed E-state index contributed by atoms with van der Waals surface area (Å²) in [6.07, 6.45) is 2.56. The molecule has 0 spiro atoms. The first-order valence-corrected chi connectivity index (χ1v) is 27.2. The topological polar surface area (TPSA) is 0 Å². The summed E-state index contributed by atoms with van der Waals surface area (Å²) >= 11 is 0. The van der Waals surface area contributed by atoms with Crippen LogP contribution in [0.1, 0.15) is 350 Å². The second kappa shape index (κ2) is 226. The zero-order valence-corrected chi connectivity index (χ0v) is 138. The van der Waals surface area contributed by atoms with Crippen LogP contribution in [-0.4, -0.2) is 0 Å². The van der Waals surface area contributed by atoms with Gasteiger partial charge in [0.05, 0.1) is 0 Å². The molecule has 0 bridgehead atoms. The van der Waals surface area contributed by atoms with Gasteiger partial charge in [-0.1, -0.05) is 374 Å². The van der Waals surface area contributed by atoms with Gasteiger partial charge in [0.25, 0.3) is 0 Å². The molecule has 2 unspecified atom stereocenters. The molecule has 25 radical (unpaired) electrons. The minimum atomic E-state index is 0. The molecule has 0 aromatic rings. The second-order valence-electron chi connectivity index (χ2n) is 17.4. The van der Waals surface area contributed by atoms with Gasteiger partial charge >= 0.3 is 0 Å². The monoisotopic (exact) mass is 3260 g/mol. The Kier molecular flexibility index (Phi) is 745. The summed E-state index contributed by atoms with van der Waals surface area (Å²) < 4.78 is 0. The first-order valence-electron chi connectivity index (χ1n) is 27.2. The molecule has 0 N–H and O–H groups in total. The van der Waals surface area contributed by atoms with Crippen molar-refractivity contribution in [3.63, 3.8) is 0 Å². The summed E-state index contributed by atoms with van der Waals surface area (Å²) in [5.74, 6) is 11.5. The zero-order chi connectivity index (χ0) is 51.0. The predicted octanol–water partition coefficient (Wildman–Crippen LogP) is 29.9. The van der Waals surface area contributed by atoms with E-state index in [-0.39, 0.29) is 907 Å². The molecular weight excluding hydrogens is 3080 g/mol. The minimum absolute atomic E-state index is 0. The van der Waals surface area contributed by atoms with Crippen molar-refractivity contribution >= 4 is 0 Å². The third-order valence-corrected chi connectivity index (χ3v) is 14.8. The molecule has 25 heteroatoms. The second-order valence-corrected chi connectivity index (χ2v) is 17.4. The van der Waals surface area contributed by atoms with Crippen LogP contribution in [0.2, 0.25) is 0 Å². The molecule has 0 aromatic heterocycles. The molecule has 3 fully saturated rings. The van der Waals surface area contributed by atoms with Crippen molar-refractivity contribution in [3.05, 3.63) is 28.7 Å². The van der Waals surface area contributed by atoms with Gasteiger partial charge in [0.2, 0.25) is 0 Å². The summed E-state index contributed by atoms with van der Waals surface area (Å²) in [4.78, 5) is 0. The molecule has 0 amide bonds. The molecule has 14 atom stereocenters. The van der Waals surface area contributed by atoms with Gasteiger partial charge in [-0.2, -0.15) is 10.8 Å². The van der Waals surface area contributed by atoms with Gasteiger partial charge in [-0.15, -0.1) is 0 Å². The van der Waals surface area contributed by atoms with Crippen LogP contribution in [0.5, 0.6) is 0 Å². The molecule has 0 nitrogen and oxygen atoms in total. The Labute approximate surface area is 1260 Å². The first kappa shape index (κ1) is 317. The maximum atomic E-state index is 4.57. The van der Waals surface area contributed by atoms with Crippen molar-refractivity contribution in [3.8, 4) is 0 Å². The van der Waals surface area contributed by atoms with E-state index >= 15 is 0 Å².